The van der Waals surface area contributed by atoms with Gasteiger partial charge in [-0.3, -0.25) is 0 Å². The minimum Gasteiger partial charge on any atom is -0.207 e. The number of hydrogen-bond acceptors (Lipinski definition) is 0. The van der Waals surface area contributed by atoms with Crippen molar-refractivity contribution in [2.75, 3.05) is 0 Å². The molecule has 3 heteroatoms. The van der Waals surface area contributed by atoms with Crippen LogP contribution in [-0.4, -0.2) is 0 Å². The average molecular weight is 375 g/mol. The molecule has 2 aromatic carbocycles. The second kappa shape index (κ2) is 7.31. The van der Waals surface area contributed by atoms with Crippen LogP contribution in [0.3, 0.4) is 0 Å². The van der Waals surface area contributed by atoms with Gasteiger partial charge in [-0.05, 0) is 84.2 Å². The quantitative estimate of drug-likeness (QED) is 0.530. The molecular weight excluding hydrogens is 350 g/mol. The fraction of sp³-hybridized carbons (Fsp3) is 0.478. The van der Waals surface area contributed by atoms with Crippen LogP contribution >= 0.6 is 11.6 Å². The van der Waals surface area contributed by atoms with Gasteiger partial charge in [-0.2, -0.15) is 0 Å². The molecule has 0 bridgehead atoms. The SMILES string of the molecule is CCC[C@@H]1CC[C@H]2c3cc(F)cc(F)c3CC[C@@H]2[C@H]1c1ccc(Cl)cc1. The van der Waals surface area contributed by atoms with E-state index in [2.05, 4.69) is 19.1 Å². The van der Waals surface area contributed by atoms with Crippen molar-refractivity contribution < 1.29 is 8.78 Å². The van der Waals surface area contributed by atoms with E-state index in [0.717, 1.165) is 41.5 Å². The van der Waals surface area contributed by atoms with Crippen molar-refractivity contribution in [3.63, 3.8) is 0 Å². The van der Waals surface area contributed by atoms with E-state index < -0.39 is 5.82 Å². The van der Waals surface area contributed by atoms with Crippen LogP contribution in [0.5, 0.6) is 0 Å². The van der Waals surface area contributed by atoms with Crippen molar-refractivity contribution in [2.24, 2.45) is 11.8 Å². The average Bonchev–Trinajstić information content (AvgIpc) is 2.62. The van der Waals surface area contributed by atoms with Gasteiger partial charge in [0.2, 0.25) is 0 Å². The van der Waals surface area contributed by atoms with Crippen LogP contribution in [0.2, 0.25) is 5.02 Å². The topological polar surface area (TPSA) is 0 Å². The minimum absolute atomic E-state index is 0.262. The van der Waals surface area contributed by atoms with Crippen LogP contribution in [0.1, 0.15) is 67.6 Å². The maximum Gasteiger partial charge on any atom is 0.129 e. The summed E-state index contributed by atoms with van der Waals surface area (Å²) in [5.74, 6) is 0.999. The Hall–Kier alpha value is -1.41. The molecule has 2 aromatic rings. The van der Waals surface area contributed by atoms with Gasteiger partial charge in [0, 0.05) is 11.1 Å². The summed E-state index contributed by atoms with van der Waals surface area (Å²) < 4.78 is 28.2. The first-order valence-electron chi connectivity index (χ1n) is 9.81. The minimum atomic E-state index is -0.444. The highest BCUT2D eigenvalue weighted by molar-refractivity contribution is 6.30. The lowest BCUT2D eigenvalue weighted by atomic mass is 9.57. The molecule has 0 amide bonds. The van der Waals surface area contributed by atoms with E-state index in [1.165, 1.54) is 18.4 Å². The molecule has 1 fully saturated rings. The lowest BCUT2D eigenvalue weighted by molar-refractivity contribution is 0.159. The monoisotopic (exact) mass is 374 g/mol. The molecule has 0 aromatic heterocycles. The molecule has 4 rings (SSSR count). The van der Waals surface area contributed by atoms with E-state index in [1.807, 2.05) is 12.1 Å². The third kappa shape index (κ3) is 3.17. The Bertz CT molecular complexity index is 784. The maximum atomic E-state index is 14.3. The molecular formula is C23H25ClF2. The van der Waals surface area contributed by atoms with Crippen molar-refractivity contribution in [1.29, 1.82) is 0 Å². The number of rotatable bonds is 3. The van der Waals surface area contributed by atoms with Gasteiger partial charge in [0.05, 0.1) is 0 Å². The highest BCUT2D eigenvalue weighted by Crippen LogP contribution is 2.55. The van der Waals surface area contributed by atoms with Crippen LogP contribution in [0.25, 0.3) is 0 Å². The van der Waals surface area contributed by atoms with Gasteiger partial charge in [0.15, 0.2) is 0 Å². The number of benzene rings is 2. The molecule has 4 atom stereocenters. The molecule has 2 aliphatic carbocycles. The number of fused-ring (bicyclic) bond motifs is 3. The van der Waals surface area contributed by atoms with Gasteiger partial charge in [-0.25, -0.2) is 8.78 Å². The second-order valence-electron chi connectivity index (χ2n) is 7.97. The zero-order valence-corrected chi connectivity index (χ0v) is 15.9. The van der Waals surface area contributed by atoms with Crippen LogP contribution in [-0.2, 0) is 6.42 Å². The molecule has 2 aliphatic rings. The Morgan fingerprint density at radius 1 is 1.04 bits per heavy atom. The highest BCUT2D eigenvalue weighted by Gasteiger charge is 2.43. The molecule has 0 N–H and O–H groups in total. The van der Waals surface area contributed by atoms with Crippen molar-refractivity contribution in [1.82, 2.24) is 0 Å². The summed E-state index contributed by atoms with van der Waals surface area (Å²) in [4.78, 5) is 0. The lowest BCUT2D eigenvalue weighted by Gasteiger charge is -2.47. The van der Waals surface area contributed by atoms with E-state index in [1.54, 1.807) is 6.07 Å². The molecule has 0 radical (unpaired) electrons. The van der Waals surface area contributed by atoms with Crippen molar-refractivity contribution in [3.8, 4) is 0 Å². The van der Waals surface area contributed by atoms with Crippen LogP contribution in [0, 0.1) is 23.5 Å². The van der Waals surface area contributed by atoms with Crippen LogP contribution in [0.4, 0.5) is 8.78 Å². The van der Waals surface area contributed by atoms with E-state index in [9.17, 15) is 8.78 Å². The van der Waals surface area contributed by atoms with Gasteiger partial charge < -0.3 is 0 Å². The van der Waals surface area contributed by atoms with Gasteiger partial charge in [0.25, 0.3) is 0 Å². The first-order chi connectivity index (χ1) is 12.6. The Labute approximate surface area is 159 Å². The summed E-state index contributed by atoms with van der Waals surface area (Å²) in [5, 5.41) is 0.756. The predicted molar refractivity (Wildman–Crippen MR) is 103 cm³/mol. The molecule has 0 spiro atoms. The van der Waals surface area contributed by atoms with Gasteiger partial charge >= 0.3 is 0 Å². The van der Waals surface area contributed by atoms with Gasteiger partial charge in [-0.1, -0.05) is 43.5 Å². The molecule has 0 saturated heterocycles. The van der Waals surface area contributed by atoms with Crippen LogP contribution in [0.15, 0.2) is 36.4 Å². The maximum absolute atomic E-state index is 14.3. The van der Waals surface area contributed by atoms with E-state index in [4.69, 9.17) is 11.6 Å². The van der Waals surface area contributed by atoms with Gasteiger partial charge in [0.1, 0.15) is 11.6 Å². The molecule has 138 valence electrons. The summed E-state index contributed by atoms with van der Waals surface area (Å²) in [5.41, 5.74) is 3.01. The Morgan fingerprint density at radius 2 is 1.81 bits per heavy atom. The summed E-state index contributed by atoms with van der Waals surface area (Å²) in [6.45, 7) is 2.24. The largest absolute Gasteiger partial charge is 0.207 e. The Kier molecular flexibility index (Phi) is 5.05. The third-order valence-electron chi connectivity index (χ3n) is 6.57. The Morgan fingerprint density at radius 3 is 2.54 bits per heavy atom. The second-order valence-corrected chi connectivity index (χ2v) is 8.40. The lowest BCUT2D eigenvalue weighted by Crippen LogP contribution is -2.35. The fourth-order valence-corrected chi connectivity index (χ4v) is 5.71. The van der Waals surface area contributed by atoms with E-state index in [0.29, 0.717) is 24.2 Å². The Balaban J connectivity index is 1.75. The van der Waals surface area contributed by atoms with E-state index in [-0.39, 0.29) is 11.7 Å². The summed E-state index contributed by atoms with van der Waals surface area (Å²) in [6, 6.07) is 10.9. The van der Waals surface area contributed by atoms with E-state index >= 15 is 0 Å². The zero-order valence-electron chi connectivity index (χ0n) is 15.2. The molecule has 0 unspecified atom stereocenters. The summed E-state index contributed by atoms with van der Waals surface area (Å²) >= 11 is 6.10. The standard InChI is InChI=1S/C23H25ClF2/c1-2-3-14-6-9-18-20(23(14)15-4-7-16(24)8-5-15)11-10-19-21(18)12-17(25)13-22(19)26/h4-5,7-8,12-14,18,20,23H,2-3,6,9-11H2,1H3/t14-,18-,20+,23-/m1/s1. The molecule has 1 saturated carbocycles. The first kappa shape index (κ1) is 18.0. The zero-order chi connectivity index (χ0) is 18.3. The van der Waals surface area contributed by atoms with Crippen LogP contribution < -0.4 is 0 Å². The highest BCUT2D eigenvalue weighted by atomic mass is 35.5. The smallest absolute Gasteiger partial charge is 0.129 e. The van der Waals surface area contributed by atoms with Crippen molar-refractivity contribution >= 4 is 11.6 Å². The molecule has 0 nitrogen and oxygen atoms in total. The summed E-state index contributed by atoms with van der Waals surface area (Å²) in [6.07, 6.45) is 6.24. The number of halogens is 3. The number of hydrogen-bond donors (Lipinski definition) is 0. The fourth-order valence-electron chi connectivity index (χ4n) is 5.58. The first-order valence-corrected chi connectivity index (χ1v) is 10.2. The van der Waals surface area contributed by atoms with Gasteiger partial charge in [-0.15, -0.1) is 0 Å². The predicted octanol–water partition coefficient (Wildman–Crippen LogP) is 7.26. The normalized spacial score (nSPS) is 27.7. The van der Waals surface area contributed by atoms with Crippen molar-refractivity contribution in [2.45, 2.75) is 57.3 Å². The molecule has 26 heavy (non-hydrogen) atoms. The molecule has 0 aliphatic heterocycles. The third-order valence-corrected chi connectivity index (χ3v) is 6.82. The van der Waals surface area contributed by atoms with Crippen molar-refractivity contribution in [3.05, 3.63) is 69.7 Å². The molecule has 0 heterocycles. The summed E-state index contributed by atoms with van der Waals surface area (Å²) in [7, 11) is 0.